The molecule has 0 bridgehead atoms. The fourth-order valence-electron chi connectivity index (χ4n) is 6.00. The van der Waals surface area contributed by atoms with Gasteiger partial charge in [-0.05, 0) is 85.6 Å². The number of fused-ring (bicyclic) bond motifs is 2. The monoisotopic (exact) mass is 505 g/mol. The Balaban J connectivity index is 1.56. The van der Waals surface area contributed by atoms with Crippen molar-refractivity contribution in [2.75, 3.05) is 25.3 Å². The van der Waals surface area contributed by atoms with Crippen molar-refractivity contribution in [3.8, 4) is 0 Å². The molecule has 2 aromatic carbocycles. The highest BCUT2D eigenvalue weighted by molar-refractivity contribution is 7.85. The van der Waals surface area contributed by atoms with Gasteiger partial charge in [0.25, 0.3) is 10.1 Å². The molecule has 1 N–H and O–H groups in total. The van der Waals surface area contributed by atoms with Gasteiger partial charge in [-0.25, -0.2) is 4.79 Å². The highest BCUT2D eigenvalue weighted by Gasteiger charge is 2.53. The lowest BCUT2D eigenvalue weighted by Crippen LogP contribution is -2.53. The van der Waals surface area contributed by atoms with Crippen LogP contribution in [-0.2, 0) is 35.7 Å². The quantitative estimate of drug-likeness (QED) is 0.305. The zero-order valence-corrected chi connectivity index (χ0v) is 21.3. The Bertz CT molecular complexity index is 1140. The second kappa shape index (κ2) is 9.88. The Hall–Kier alpha value is -2.09. The van der Waals surface area contributed by atoms with Crippen molar-refractivity contribution in [2.45, 2.75) is 55.9 Å². The minimum absolute atomic E-state index is 0.0464. The SMILES string of the molecule is COC(=O)C1(Nc2cccc(Cl)c2)CCC2(CC1)c1ccccc1CC2CCCOS(C)(=O)=O. The number of rotatable bonds is 8. The highest BCUT2D eigenvalue weighted by atomic mass is 35.5. The molecule has 0 radical (unpaired) electrons. The van der Waals surface area contributed by atoms with Crippen LogP contribution in [0, 0.1) is 5.92 Å². The van der Waals surface area contributed by atoms with Gasteiger partial charge in [-0.1, -0.05) is 41.9 Å². The normalized spacial score (nSPS) is 26.3. The first kappa shape index (κ1) is 25.0. The molecule has 1 atom stereocenters. The first-order valence-electron chi connectivity index (χ1n) is 11.7. The summed E-state index contributed by atoms with van der Waals surface area (Å²) in [4.78, 5) is 13.0. The Kier molecular flexibility index (Phi) is 7.27. The number of hydrogen-bond donors (Lipinski definition) is 1. The number of esters is 1. The molecule has 0 amide bonds. The standard InChI is InChI=1S/C26H32ClNO5S/c1-32-24(29)26(28-22-10-5-9-21(27)18-22)14-12-25(13-15-26)20(8-6-16-33-34(2,30)31)17-19-7-3-4-11-23(19)25/h3-5,7,9-11,18,20,28H,6,8,12-17H2,1-2H3. The number of hydrogen-bond acceptors (Lipinski definition) is 6. The van der Waals surface area contributed by atoms with Gasteiger partial charge in [0.15, 0.2) is 0 Å². The summed E-state index contributed by atoms with van der Waals surface area (Å²) in [6, 6.07) is 16.0. The molecule has 2 aliphatic rings. The number of halogens is 1. The summed E-state index contributed by atoms with van der Waals surface area (Å²) in [7, 11) is -2.00. The lowest BCUT2D eigenvalue weighted by atomic mass is 9.60. The van der Waals surface area contributed by atoms with Crippen molar-refractivity contribution >= 4 is 33.4 Å². The molecule has 8 heteroatoms. The predicted octanol–water partition coefficient (Wildman–Crippen LogP) is 5.10. The summed E-state index contributed by atoms with van der Waals surface area (Å²) < 4.78 is 32.9. The van der Waals surface area contributed by atoms with E-state index in [4.69, 9.17) is 20.5 Å². The van der Waals surface area contributed by atoms with Crippen molar-refractivity contribution < 1.29 is 22.1 Å². The number of carbonyl (C=O) groups is 1. The molecule has 1 saturated carbocycles. The fraction of sp³-hybridized carbons (Fsp3) is 0.500. The zero-order valence-electron chi connectivity index (χ0n) is 19.7. The number of methoxy groups -OCH3 is 1. The second-order valence-electron chi connectivity index (χ2n) is 9.59. The van der Waals surface area contributed by atoms with Gasteiger partial charge in [0.05, 0.1) is 20.0 Å². The van der Waals surface area contributed by atoms with Crippen LogP contribution in [0.2, 0.25) is 5.02 Å². The van der Waals surface area contributed by atoms with Gasteiger partial charge in [0, 0.05) is 10.7 Å². The molecule has 6 nitrogen and oxygen atoms in total. The molecule has 2 aliphatic carbocycles. The van der Waals surface area contributed by atoms with Gasteiger partial charge in [-0.15, -0.1) is 0 Å². The van der Waals surface area contributed by atoms with E-state index in [9.17, 15) is 13.2 Å². The van der Waals surface area contributed by atoms with Crippen LogP contribution in [0.15, 0.2) is 48.5 Å². The minimum Gasteiger partial charge on any atom is -0.467 e. The summed E-state index contributed by atoms with van der Waals surface area (Å²) in [5.74, 6) is 0.113. The van der Waals surface area contributed by atoms with Crippen LogP contribution in [0.3, 0.4) is 0 Å². The summed E-state index contributed by atoms with van der Waals surface area (Å²) in [5, 5.41) is 4.06. The smallest absolute Gasteiger partial charge is 0.331 e. The first-order valence-corrected chi connectivity index (χ1v) is 13.9. The van der Waals surface area contributed by atoms with Gasteiger partial charge in [-0.2, -0.15) is 8.42 Å². The van der Waals surface area contributed by atoms with Crippen molar-refractivity contribution in [3.05, 3.63) is 64.7 Å². The van der Waals surface area contributed by atoms with E-state index in [0.717, 1.165) is 37.6 Å². The van der Waals surface area contributed by atoms with E-state index in [1.54, 1.807) is 6.07 Å². The molecule has 0 heterocycles. The van der Waals surface area contributed by atoms with Gasteiger partial charge in [-0.3, -0.25) is 4.18 Å². The number of benzene rings is 2. The predicted molar refractivity (Wildman–Crippen MR) is 134 cm³/mol. The van der Waals surface area contributed by atoms with E-state index in [2.05, 4.69) is 29.6 Å². The molecule has 4 rings (SSSR count). The van der Waals surface area contributed by atoms with Crippen molar-refractivity contribution in [1.29, 1.82) is 0 Å². The maximum absolute atomic E-state index is 13.0. The Morgan fingerprint density at radius 2 is 1.85 bits per heavy atom. The third kappa shape index (κ3) is 5.11. The molecule has 184 valence electrons. The molecule has 1 fully saturated rings. The van der Waals surface area contributed by atoms with Gasteiger partial charge >= 0.3 is 5.97 Å². The zero-order chi connectivity index (χ0) is 24.4. The van der Waals surface area contributed by atoms with Crippen LogP contribution in [0.5, 0.6) is 0 Å². The third-order valence-corrected chi connectivity index (χ3v) is 8.41. The molecule has 1 spiro atoms. The number of anilines is 1. The van der Waals surface area contributed by atoms with Gasteiger partial charge in [0.2, 0.25) is 0 Å². The van der Waals surface area contributed by atoms with Gasteiger partial charge in [0.1, 0.15) is 5.54 Å². The fourth-order valence-corrected chi connectivity index (χ4v) is 6.61. The molecule has 0 aromatic heterocycles. The van der Waals surface area contributed by atoms with E-state index in [1.165, 1.54) is 18.2 Å². The number of carbonyl (C=O) groups excluding carboxylic acids is 1. The average molecular weight is 506 g/mol. The number of nitrogens with one attached hydrogen (secondary N) is 1. The maximum atomic E-state index is 13.0. The summed E-state index contributed by atoms with van der Waals surface area (Å²) >= 11 is 6.18. The number of ether oxygens (including phenoxy) is 1. The minimum atomic E-state index is -3.44. The lowest BCUT2D eigenvalue weighted by molar-refractivity contribution is -0.148. The lowest BCUT2D eigenvalue weighted by Gasteiger charge is -2.47. The largest absolute Gasteiger partial charge is 0.467 e. The first-order chi connectivity index (χ1) is 16.2. The Labute approximate surface area is 207 Å². The Morgan fingerprint density at radius 1 is 1.12 bits per heavy atom. The third-order valence-electron chi connectivity index (χ3n) is 7.58. The van der Waals surface area contributed by atoms with E-state index in [1.807, 2.05) is 18.2 Å². The second-order valence-corrected chi connectivity index (χ2v) is 11.7. The molecule has 1 unspecified atom stereocenters. The van der Waals surface area contributed by atoms with E-state index in [0.29, 0.717) is 30.2 Å². The molecule has 34 heavy (non-hydrogen) atoms. The van der Waals surface area contributed by atoms with Crippen LogP contribution >= 0.6 is 11.6 Å². The van der Waals surface area contributed by atoms with Gasteiger partial charge < -0.3 is 10.1 Å². The van der Waals surface area contributed by atoms with Crippen LogP contribution in [0.25, 0.3) is 0 Å². The van der Waals surface area contributed by atoms with Crippen LogP contribution in [-0.4, -0.2) is 39.9 Å². The van der Waals surface area contributed by atoms with E-state index in [-0.39, 0.29) is 18.0 Å². The molecule has 2 aromatic rings. The molecule has 0 aliphatic heterocycles. The Morgan fingerprint density at radius 3 is 2.53 bits per heavy atom. The van der Waals surface area contributed by atoms with Crippen LogP contribution in [0.4, 0.5) is 5.69 Å². The molecular weight excluding hydrogens is 474 g/mol. The molecular formula is C26H32ClNO5S. The van der Waals surface area contributed by atoms with Crippen molar-refractivity contribution in [3.63, 3.8) is 0 Å². The van der Waals surface area contributed by atoms with E-state index >= 15 is 0 Å². The van der Waals surface area contributed by atoms with E-state index < -0.39 is 15.7 Å². The maximum Gasteiger partial charge on any atom is 0.331 e. The highest BCUT2D eigenvalue weighted by Crippen LogP contribution is 2.55. The van der Waals surface area contributed by atoms with Crippen molar-refractivity contribution in [2.24, 2.45) is 5.92 Å². The summed E-state index contributed by atoms with van der Waals surface area (Å²) in [6.07, 6.45) is 6.54. The molecule has 0 saturated heterocycles. The summed E-state index contributed by atoms with van der Waals surface area (Å²) in [6.45, 7) is 0.199. The topological polar surface area (TPSA) is 81.7 Å². The van der Waals surface area contributed by atoms with Crippen LogP contribution < -0.4 is 5.32 Å². The average Bonchev–Trinajstić information content (AvgIpc) is 3.10. The summed E-state index contributed by atoms with van der Waals surface area (Å²) in [5.41, 5.74) is 2.66. The van der Waals surface area contributed by atoms with Crippen LogP contribution in [0.1, 0.15) is 49.7 Å². The van der Waals surface area contributed by atoms with Crippen molar-refractivity contribution in [1.82, 2.24) is 0 Å².